The number of halogens is 2. The van der Waals surface area contributed by atoms with Crippen LogP contribution in [0.3, 0.4) is 0 Å². The summed E-state index contributed by atoms with van der Waals surface area (Å²) in [5, 5.41) is 2.67. The van der Waals surface area contributed by atoms with Gasteiger partial charge in [-0.3, -0.25) is 20.4 Å². The molecule has 0 aliphatic carbocycles. The van der Waals surface area contributed by atoms with Gasteiger partial charge in [0.05, 0.1) is 5.02 Å². The summed E-state index contributed by atoms with van der Waals surface area (Å²) in [6.07, 6.45) is 2.12. The van der Waals surface area contributed by atoms with E-state index in [0.29, 0.717) is 15.8 Å². The summed E-state index contributed by atoms with van der Waals surface area (Å²) < 4.78 is 5.44. The Bertz CT molecular complexity index is 748. The van der Waals surface area contributed by atoms with Crippen molar-refractivity contribution in [3.05, 3.63) is 56.7 Å². The number of amides is 2. The van der Waals surface area contributed by atoms with Gasteiger partial charge in [-0.15, -0.1) is 11.3 Å². The number of nitrogens with one attached hydrogen (secondary N) is 2. The van der Waals surface area contributed by atoms with Crippen LogP contribution < -0.4 is 15.6 Å². The predicted molar refractivity (Wildman–Crippen MR) is 96.2 cm³/mol. The second-order valence-corrected chi connectivity index (χ2v) is 6.48. The minimum absolute atomic E-state index is 0.296. The highest BCUT2D eigenvalue weighted by atomic mass is 35.5. The van der Waals surface area contributed by atoms with E-state index in [1.54, 1.807) is 18.2 Å². The van der Waals surface area contributed by atoms with Gasteiger partial charge in [0, 0.05) is 16.0 Å². The van der Waals surface area contributed by atoms with Gasteiger partial charge in [-0.25, -0.2) is 0 Å². The standard InChI is InChI=1S/C16H14Cl2N2O3S/c1-10(23-14-6-4-11(17)9-13(14)18)16(22)20-19-15(21)7-5-12-3-2-8-24-12/h2-10H,1H3,(H,19,21)(H,20,22)/b7-5+. The number of hydrazine groups is 1. The second-order valence-electron chi connectivity index (χ2n) is 4.66. The highest BCUT2D eigenvalue weighted by Gasteiger charge is 2.16. The minimum atomic E-state index is -0.856. The molecule has 1 aromatic heterocycles. The monoisotopic (exact) mass is 384 g/mol. The van der Waals surface area contributed by atoms with Gasteiger partial charge < -0.3 is 4.74 Å². The highest BCUT2D eigenvalue weighted by molar-refractivity contribution is 7.10. The minimum Gasteiger partial charge on any atom is -0.479 e. The van der Waals surface area contributed by atoms with Crippen LogP contribution in [0.25, 0.3) is 6.08 Å². The lowest BCUT2D eigenvalue weighted by molar-refractivity contribution is -0.131. The van der Waals surface area contributed by atoms with Crippen molar-refractivity contribution in [1.29, 1.82) is 0 Å². The van der Waals surface area contributed by atoms with Crippen molar-refractivity contribution in [2.24, 2.45) is 0 Å². The third-order valence-electron chi connectivity index (χ3n) is 2.82. The average Bonchev–Trinajstić information content (AvgIpc) is 3.06. The Morgan fingerprint density at radius 3 is 2.71 bits per heavy atom. The molecule has 0 saturated heterocycles. The fourth-order valence-corrected chi connectivity index (χ4v) is 2.70. The molecule has 1 aromatic carbocycles. The van der Waals surface area contributed by atoms with Gasteiger partial charge in [0.15, 0.2) is 6.10 Å². The molecule has 1 atom stereocenters. The fraction of sp³-hybridized carbons (Fsp3) is 0.125. The van der Waals surface area contributed by atoms with Crippen molar-refractivity contribution >= 4 is 52.4 Å². The van der Waals surface area contributed by atoms with Crippen molar-refractivity contribution in [3.8, 4) is 5.75 Å². The van der Waals surface area contributed by atoms with Crippen LogP contribution in [-0.2, 0) is 9.59 Å². The van der Waals surface area contributed by atoms with Crippen LogP contribution >= 0.6 is 34.5 Å². The van der Waals surface area contributed by atoms with Crippen LogP contribution in [-0.4, -0.2) is 17.9 Å². The van der Waals surface area contributed by atoms with E-state index in [9.17, 15) is 9.59 Å². The smallest absolute Gasteiger partial charge is 0.279 e. The lowest BCUT2D eigenvalue weighted by atomic mass is 10.3. The van der Waals surface area contributed by atoms with Crippen LogP contribution in [0.4, 0.5) is 0 Å². The molecular weight excluding hydrogens is 371 g/mol. The number of carbonyl (C=O) groups excluding carboxylic acids is 2. The highest BCUT2D eigenvalue weighted by Crippen LogP contribution is 2.28. The Morgan fingerprint density at radius 1 is 1.25 bits per heavy atom. The average molecular weight is 385 g/mol. The van der Waals surface area contributed by atoms with Crippen molar-refractivity contribution in [2.75, 3.05) is 0 Å². The molecular formula is C16H14Cl2N2O3S. The number of benzene rings is 1. The molecule has 0 spiro atoms. The molecule has 8 heteroatoms. The van der Waals surface area contributed by atoms with Gasteiger partial charge >= 0.3 is 0 Å². The Hall–Kier alpha value is -2.02. The van der Waals surface area contributed by atoms with Crippen molar-refractivity contribution < 1.29 is 14.3 Å². The molecule has 1 unspecified atom stereocenters. The normalized spacial score (nSPS) is 12.0. The first-order chi connectivity index (χ1) is 11.5. The maximum Gasteiger partial charge on any atom is 0.279 e. The van der Waals surface area contributed by atoms with Crippen LogP contribution in [0.5, 0.6) is 5.75 Å². The summed E-state index contributed by atoms with van der Waals surface area (Å²) in [5.74, 6) is -0.639. The van der Waals surface area contributed by atoms with Gasteiger partial charge in [-0.05, 0) is 42.6 Å². The zero-order valence-electron chi connectivity index (χ0n) is 12.6. The Balaban J connectivity index is 1.82. The summed E-state index contributed by atoms with van der Waals surface area (Å²) in [7, 11) is 0. The zero-order chi connectivity index (χ0) is 17.5. The Kier molecular flexibility index (Phi) is 6.66. The molecule has 1 heterocycles. The van der Waals surface area contributed by atoms with Gasteiger partial charge in [0.25, 0.3) is 11.8 Å². The van der Waals surface area contributed by atoms with Crippen molar-refractivity contribution in [1.82, 2.24) is 10.9 Å². The Labute approximate surface area is 153 Å². The van der Waals surface area contributed by atoms with Crippen LogP contribution in [0.1, 0.15) is 11.8 Å². The summed E-state index contributed by atoms with van der Waals surface area (Å²) in [5.41, 5.74) is 4.56. The number of rotatable bonds is 5. The maximum absolute atomic E-state index is 11.9. The molecule has 0 bridgehead atoms. The molecule has 2 rings (SSSR count). The van der Waals surface area contributed by atoms with Crippen molar-refractivity contribution in [3.63, 3.8) is 0 Å². The van der Waals surface area contributed by atoms with E-state index in [1.807, 2.05) is 17.5 Å². The third-order valence-corrected chi connectivity index (χ3v) is 4.19. The first kappa shape index (κ1) is 18.3. The SMILES string of the molecule is CC(Oc1ccc(Cl)cc1Cl)C(=O)NNC(=O)/C=C/c1cccs1. The van der Waals surface area contributed by atoms with Gasteiger partial charge in [-0.2, -0.15) is 0 Å². The predicted octanol–water partition coefficient (Wildman–Crippen LogP) is 3.68. The summed E-state index contributed by atoms with van der Waals surface area (Å²) >= 11 is 13.3. The molecule has 24 heavy (non-hydrogen) atoms. The fourth-order valence-electron chi connectivity index (χ4n) is 1.63. The topological polar surface area (TPSA) is 67.4 Å². The summed E-state index contributed by atoms with van der Waals surface area (Å²) in [4.78, 5) is 24.5. The number of thiophene rings is 1. The Morgan fingerprint density at radius 2 is 2.04 bits per heavy atom. The molecule has 0 saturated carbocycles. The van der Waals surface area contributed by atoms with Gasteiger partial charge in [-0.1, -0.05) is 29.3 Å². The lowest BCUT2D eigenvalue weighted by Crippen LogP contribution is -2.46. The molecule has 5 nitrogen and oxygen atoms in total. The van der Waals surface area contributed by atoms with E-state index < -0.39 is 17.9 Å². The van der Waals surface area contributed by atoms with Gasteiger partial charge in [0.1, 0.15) is 5.75 Å². The lowest BCUT2D eigenvalue weighted by Gasteiger charge is -2.15. The number of hydrogen-bond acceptors (Lipinski definition) is 4. The van der Waals surface area contributed by atoms with E-state index in [2.05, 4.69) is 10.9 Å². The largest absolute Gasteiger partial charge is 0.479 e. The number of hydrogen-bond donors (Lipinski definition) is 2. The van der Waals surface area contributed by atoms with E-state index in [4.69, 9.17) is 27.9 Å². The molecule has 0 radical (unpaired) electrons. The molecule has 2 N–H and O–H groups in total. The summed E-state index contributed by atoms with van der Waals surface area (Å²) in [6, 6.07) is 8.44. The van der Waals surface area contributed by atoms with Crippen LogP contribution in [0, 0.1) is 0 Å². The number of ether oxygens (including phenoxy) is 1. The first-order valence-electron chi connectivity index (χ1n) is 6.89. The maximum atomic E-state index is 11.9. The zero-order valence-corrected chi connectivity index (χ0v) is 14.9. The molecule has 126 valence electrons. The molecule has 0 aliphatic rings. The first-order valence-corrected chi connectivity index (χ1v) is 8.52. The van der Waals surface area contributed by atoms with E-state index >= 15 is 0 Å². The quantitative estimate of drug-likeness (QED) is 0.610. The number of carbonyl (C=O) groups is 2. The van der Waals surface area contributed by atoms with E-state index in [-0.39, 0.29) is 0 Å². The second kappa shape index (κ2) is 8.73. The molecule has 2 aromatic rings. The van der Waals surface area contributed by atoms with Gasteiger partial charge in [0.2, 0.25) is 0 Å². The summed E-state index contributed by atoms with van der Waals surface area (Å²) in [6.45, 7) is 1.54. The third kappa shape index (κ3) is 5.56. The molecule has 0 fully saturated rings. The van der Waals surface area contributed by atoms with Crippen molar-refractivity contribution in [2.45, 2.75) is 13.0 Å². The van der Waals surface area contributed by atoms with E-state index in [1.165, 1.54) is 30.4 Å². The van der Waals surface area contributed by atoms with Crippen LogP contribution in [0.15, 0.2) is 41.8 Å². The van der Waals surface area contributed by atoms with Crippen LogP contribution in [0.2, 0.25) is 10.0 Å². The van der Waals surface area contributed by atoms with E-state index in [0.717, 1.165) is 4.88 Å². The molecule has 2 amide bonds. The molecule has 0 aliphatic heterocycles.